The van der Waals surface area contributed by atoms with E-state index in [1.807, 2.05) is 0 Å². The summed E-state index contributed by atoms with van der Waals surface area (Å²) in [6.07, 6.45) is -2.77. The zero-order valence-electron chi connectivity index (χ0n) is 23.2. The van der Waals surface area contributed by atoms with Gasteiger partial charge in [0, 0.05) is 30.4 Å². The SMILES string of the molecule is CC(C)(C(=O)O)C1CCC(N(Cc2ccc(C(=O)NCCC(=O)O)cc2)C(=O)Nc2ccc(OC(F)(F)F)cc2)CC1. The molecule has 0 atom stereocenters. The maximum Gasteiger partial charge on any atom is 0.573 e. The van der Waals surface area contributed by atoms with Crippen LogP contribution in [0.4, 0.5) is 23.7 Å². The molecule has 1 aliphatic rings. The number of carboxylic acid groups (broad SMARTS) is 2. The van der Waals surface area contributed by atoms with Crippen molar-refractivity contribution >= 4 is 29.6 Å². The Balaban J connectivity index is 1.74. The molecule has 10 nitrogen and oxygen atoms in total. The minimum atomic E-state index is -4.84. The predicted molar refractivity (Wildman–Crippen MR) is 146 cm³/mol. The Hall–Kier alpha value is -4.29. The van der Waals surface area contributed by atoms with Gasteiger partial charge in [0.2, 0.25) is 0 Å². The first-order chi connectivity index (χ1) is 19.7. The number of nitrogens with one attached hydrogen (secondary N) is 2. The number of hydrogen-bond donors (Lipinski definition) is 4. The highest BCUT2D eigenvalue weighted by molar-refractivity contribution is 5.94. The van der Waals surface area contributed by atoms with Gasteiger partial charge in [0.15, 0.2) is 0 Å². The first-order valence-electron chi connectivity index (χ1n) is 13.4. The first kappa shape index (κ1) is 32.2. The first-order valence-corrected chi connectivity index (χ1v) is 13.4. The number of nitrogens with zero attached hydrogens (tertiary/aromatic N) is 1. The number of benzene rings is 2. The minimum Gasteiger partial charge on any atom is -0.481 e. The number of carboxylic acids is 2. The molecule has 1 fully saturated rings. The lowest BCUT2D eigenvalue weighted by molar-refractivity contribution is -0.274. The minimum absolute atomic E-state index is 0.0193. The molecule has 2 aromatic carbocycles. The summed E-state index contributed by atoms with van der Waals surface area (Å²) in [6.45, 7) is 3.51. The van der Waals surface area contributed by atoms with Crippen molar-refractivity contribution in [3.63, 3.8) is 0 Å². The van der Waals surface area contributed by atoms with E-state index in [4.69, 9.17) is 5.11 Å². The molecule has 0 saturated heterocycles. The van der Waals surface area contributed by atoms with E-state index >= 15 is 0 Å². The van der Waals surface area contributed by atoms with Crippen LogP contribution in [0.3, 0.4) is 0 Å². The maximum atomic E-state index is 13.5. The van der Waals surface area contributed by atoms with Crippen LogP contribution in [0.1, 0.15) is 61.9 Å². The Morgan fingerprint density at radius 3 is 2.05 bits per heavy atom. The molecule has 0 radical (unpaired) electrons. The highest BCUT2D eigenvalue weighted by atomic mass is 19.4. The number of anilines is 1. The molecule has 42 heavy (non-hydrogen) atoms. The maximum absolute atomic E-state index is 13.5. The number of carbonyl (C=O) groups excluding carboxylic acids is 2. The number of hydrogen-bond acceptors (Lipinski definition) is 5. The summed E-state index contributed by atoms with van der Waals surface area (Å²) in [7, 11) is 0. The van der Waals surface area contributed by atoms with Crippen molar-refractivity contribution in [2.45, 2.75) is 64.9 Å². The van der Waals surface area contributed by atoms with E-state index in [1.165, 1.54) is 12.1 Å². The van der Waals surface area contributed by atoms with Crippen molar-refractivity contribution < 1.29 is 47.3 Å². The van der Waals surface area contributed by atoms with Crippen LogP contribution in [-0.4, -0.2) is 57.9 Å². The summed E-state index contributed by atoms with van der Waals surface area (Å²) in [5.74, 6) is -2.85. The third-order valence-electron chi connectivity index (χ3n) is 7.50. The van der Waals surface area contributed by atoms with Gasteiger partial charge in [-0.2, -0.15) is 0 Å². The number of halogens is 3. The fourth-order valence-electron chi connectivity index (χ4n) is 4.93. The van der Waals surface area contributed by atoms with Gasteiger partial charge in [0.1, 0.15) is 5.75 Å². The predicted octanol–water partition coefficient (Wildman–Crippen LogP) is 5.49. The van der Waals surface area contributed by atoms with E-state index in [9.17, 15) is 37.5 Å². The van der Waals surface area contributed by atoms with Crippen LogP contribution in [0.2, 0.25) is 0 Å². The fourth-order valence-corrected chi connectivity index (χ4v) is 4.93. The van der Waals surface area contributed by atoms with Crippen LogP contribution in [0.15, 0.2) is 48.5 Å². The molecule has 0 bridgehead atoms. The quantitative estimate of drug-likeness (QED) is 0.269. The van der Waals surface area contributed by atoms with Gasteiger partial charge in [0.05, 0.1) is 11.8 Å². The second-order valence-corrected chi connectivity index (χ2v) is 10.8. The van der Waals surface area contributed by atoms with E-state index in [1.54, 1.807) is 43.0 Å². The number of alkyl halides is 3. The summed E-state index contributed by atoms with van der Waals surface area (Å²) < 4.78 is 41.4. The topological polar surface area (TPSA) is 145 Å². The Bertz CT molecular complexity index is 1260. The molecular weight excluding hydrogens is 559 g/mol. The van der Waals surface area contributed by atoms with Crippen molar-refractivity contribution in [3.05, 3.63) is 59.7 Å². The molecule has 1 saturated carbocycles. The van der Waals surface area contributed by atoms with Gasteiger partial charge in [0.25, 0.3) is 5.91 Å². The molecule has 0 heterocycles. The van der Waals surface area contributed by atoms with Gasteiger partial charge in [-0.05, 0) is 87.4 Å². The zero-order valence-corrected chi connectivity index (χ0v) is 23.2. The van der Waals surface area contributed by atoms with Crippen LogP contribution in [-0.2, 0) is 16.1 Å². The van der Waals surface area contributed by atoms with Gasteiger partial charge in [-0.25, -0.2) is 4.79 Å². The third-order valence-corrected chi connectivity index (χ3v) is 7.50. The standard InChI is InChI=1S/C29H34F3N3O7/c1-28(2,26(39)40)20-7-11-22(12-8-20)35(27(41)34-21-9-13-23(14-10-21)42-29(30,31)32)17-18-3-5-19(6-4-18)25(38)33-16-15-24(36)37/h3-6,9-10,13-14,20,22H,7-8,11-12,15-17H2,1-2H3,(H,33,38)(H,34,41)(H,36,37)(H,39,40). The molecule has 3 rings (SSSR count). The molecule has 228 valence electrons. The number of ether oxygens (including phenoxy) is 1. The Morgan fingerprint density at radius 2 is 1.52 bits per heavy atom. The molecule has 4 N–H and O–H groups in total. The van der Waals surface area contributed by atoms with Crippen molar-refractivity contribution in [2.24, 2.45) is 11.3 Å². The smallest absolute Gasteiger partial charge is 0.481 e. The monoisotopic (exact) mass is 593 g/mol. The van der Waals surface area contributed by atoms with E-state index in [2.05, 4.69) is 15.4 Å². The summed E-state index contributed by atoms with van der Waals surface area (Å²) in [5.41, 5.74) is 0.361. The average molecular weight is 594 g/mol. The summed E-state index contributed by atoms with van der Waals surface area (Å²) in [5, 5.41) is 23.6. The van der Waals surface area contributed by atoms with Crippen LogP contribution in [0.25, 0.3) is 0 Å². The lowest BCUT2D eigenvalue weighted by Gasteiger charge is -2.40. The number of amides is 3. The van der Waals surface area contributed by atoms with Crippen LogP contribution >= 0.6 is 0 Å². The van der Waals surface area contributed by atoms with Crippen LogP contribution in [0.5, 0.6) is 5.75 Å². The highest BCUT2D eigenvalue weighted by Crippen LogP contribution is 2.40. The van der Waals surface area contributed by atoms with Crippen molar-refractivity contribution in [1.29, 1.82) is 0 Å². The summed E-state index contributed by atoms with van der Waals surface area (Å²) in [6, 6.07) is 10.5. The number of urea groups is 1. The molecule has 0 aliphatic heterocycles. The molecular formula is C29H34F3N3O7. The van der Waals surface area contributed by atoms with Crippen molar-refractivity contribution in [2.75, 3.05) is 11.9 Å². The van der Waals surface area contributed by atoms with Gasteiger partial charge < -0.3 is 30.5 Å². The molecule has 0 unspecified atom stereocenters. The number of aliphatic carboxylic acids is 2. The van der Waals surface area contributed by atoms with Crippen molar-refractivity contribution in [1.82, 2.24) is 10.2 Å². The highest BCUT2D eigenvalue weighted by Gasteiger charge is 2.40. The molecule has 0 spiro atoms. The second-order valence-electron chi connectivity index (χ2n) is 10.8. The zero-order chi connectivity index (χ0) is 31.1. The van der Waals surface area contributed by atoms with Crippen LogP contribution in [0, 0.1) is 11.3 Å². The lowest BCUT2D eigenvalue weighted by Crippen LogP contribution is -2.46. The fraction of sp³-hybridized carbons (Fsp3) is 0.448. The Morgan fingerprint density at radius 1 is 0.929 bits per heavy atom. The van der Waals surface area contributed by atoms with E-state index < -0.39 is 41.4 Å². The van der Waals surface area contributed by atoms with Gasteiger partial charge in [-0.3, -0.25) is 14.4 Å². The van der Waals surface area contributed by atoms with E-state index in [0.29, 0.717) is 36.8 Å². The van der Waals surface area contributed by atoms with Gasteiger partial charge in [-0.1, -0.05) is 12.1 Å². The van der Waals surface area contributed by atoms with E-state index in [-0.39, 0.29) is 37.2 Å². The lowest BCUT2D eigenvalue weighted by atomic mass is 9.70. The van der Waals surface area contributed by atoms with Gasteiger partial charge >= 0.3 is 24.3 Å². The molecule has 1 aliphatic carbocycles. The summed E-state index contributed by atoms with van der Waals surface area (Å²) >= 11 is 0. The Kier molecular flexibility index (Phi) is 10.4. The Labute approximate surface area is 240 Å². The van der Waals surface area contributed by atoms with E-state index in [0.717, 1.165) is 12.1 Å². The molecule has 0 aromatic heterocycles. The second kappa shape index (κ2) is 13.6. The van der Waals surface area contributed by atoms with Gasteiger partial charge in [-0.15, -0.1) is 13.2 Å². The normalized spacial score (nSPS) is 17.2. The molecule has 2 aromatic rings. The summed E-state index contributed by atoms with van der Waals surface area (Å²) in [4.78, 5) is 49.8. The number of rotatable bonds is 11. The molecule has 3 amide bonds. The molecule has 13 heteroatoms. The average Bonchev–Trinajstić information content (AvgIpc) is 2.92. The number of carbonyl (C=O) groups is 4. The largest absolute Gasteiger partial charge is 0.573 e. The van der Waals surface area contributed by atoms with Crippen LogP contribution < -0.4 is 15.4 Å². The van der Waals surface area contributed by atoms with Crippen molar-refractivity contribution in [3.8, 4) is 5.75 Å². The third kappa shape index (κ3) is 9.11.